The van der Waals surface area contributed by atoms with Gasteiger partial charge in [0.1, 0.15) is 0 Å². The summed E-state index contributed by atoms with van der Waals surface area (Å²) in [6.07, 6.45) is 2.44. The second-order valence-corrected chi connectivity index (χ2v) is 3.63. The molecule has 0 amide bonds. The molecule has 0 saturated carbocycles. The average molecular weight is 226 g/mol. The van der Waals surface area contributed by atoms with Crippen LogP contribution in [-0.4, -0.2) is 35.8 Å². The first-order valence-corrected chi connectivity index (χ1v) is 5.04. The van der Waals surface area contributed by atoms with E-state index in [-0.39, 0.29) is 0 Å². The molecule has 5 heteroatoms. The zero-order valence-electron chi connectivity index (χ0n) is 9.67. The van der Waals surface area contributed by atoms with Crippen LogP contribution in [0.25, 0.3) is 0 Å². The molecule has 1 aromatic rings. The Morgan fingerprint density at radius 2 is 1.81 bits per heavy atom. The van der Waals surface area contributed by atoms with Gasteiger partial charge in [0.25, 0.3) is 5.09 Å². The summed E-state index contributed by atoms with van der Waals surface area (Å²) in [6, 6.07) is 10.6. The van der Waals surface area contributed by atoms with E-state index in [1.54, 1.807) is 0 Å². The average Bonchev–Trinajstić information content (AvgIpc) is 2.18. The first-order valence-electron chi connectivity index (χ1n) is 5.04. The molecule has 0 heterocycles. The topological polar surface area (TPSA) is 66.6 Å². The third kappa shape index (κ3) is 10.5. The van der Waals surface area contributed by atoms with Gasteiger partial charge in [0.15, 0.2) is 0 Å². The minimum atomic E-state index is -1.50. The van der Waals surface area contributed by atoms with Crippen molar-refractivity contribution in [1.82, 2.24) is 4.90 Å². The van der Waals surface area contributed by atoms with Crippen LogP contribution in [0.3, 0.4) is 0 Å². The summed E-state index contributed by atoms with van der Waals surface area (Å²) >= 11 is 0. The molecule has 1 rings (SSSR count). The maximum atomic E-state index is 8.36. The standard InChI is InChI=1S/C11H17N.HNO3/c1-12(2)10-6-9-11-7-4-3-5-8-11;2-1(3)4/h3-5,7-8H,6,9-10H2,1-2H3;(H,2,3,4). The molecule has 0 aliphatic carbocycles. The maximum absolute atomic E-state index is 8.36. The van der Waals surface area contributed by atoms with Crippen LogP contribution >= 0.6 is 0 Å². The third-order valence-corrected chi connectivity index (χ3v) is 1.91. The van der Waals surface area contributed by atoms with E-state index in [1.807, 2.05) is 0 Å². The molecule has 0 fully saturated rings. The van der Waals surface area contributed by atoms with E-state index in [9.17, 15) is 0 Å². The zero-order valence-corrected chi connectivity index (χ0v) is 9.67. The fraction of sp³-hybridized carbons (Fsp3) is 0.455. The summed E-state index contributed by atoms with van der Waals surface area (Å²) in [6.45, 7) is 1.18. The monoisotopic (exact) mass is 226 g/mol. The van der Waals surface area contributed by atoms with Gasteiger partial charge in [-0.05, 0) is 39.0 Å². The third-order valence-electron chi connectivity index (χ3n) is 1.91. The molecule has 90 valence electrons. The largest absolute Gasteiger partial charge is 0.328 e. The summed E-state index contributed by atoms with van der Waals surface area (Å²) < 4.78 is 0. The highest BCUT2D eigenvalue weighted by molar-refractivity contribution is 5.14. The van der Waals surface area contributed by atoms with Crippen LogP contribution < -0.4 is 0 Å². The zero-order chi connectivity index (χ0) is 12.4. The first kappa shape index (κ1) is 14.4. The van der Waals surface area contributed by atoms with Crippen molar-refractivity contribution in [2.45, 2.75) is 12.8 Å². The van der Waals surface area contributed by atoms with Gasteiger partial charge in [-0.15, -0.1) is 10.1 Å². The Bertz CT molecular complexity index is 285. The number of hydrogen-bond donors (Lipinski definition) is 1. The van der Waals surface area contributed by atoms with E-state index >= 15 is 0 Å². The summed E-state index contributed by atoms with van der Waals surface area (Å²) in [5.41, 5.74) is 1.44. The molecular formula is C11H18N2O3. The highest BCUT2D eigenvalue weighted by Gasteiger charge is 1.92. The molecule has 1 N–H and O–H groups in total. The van der Waals surface area contributed by atoms with Crippen molar-refractivity contribution in [3.05, 3.63) is 46.0 Å². The molecule has 1 aromatic carbocycles. The fourth-order valence-corrected chi connectivity index (χ4v) is 1.24. The summed E-state index contributed by atoms with van der Waals surface area (Å²) in [4.78, 5) is 10.6. The molecule has 0 bridgehead atoms. The molecule has 0 aromatic heterocycles. The van der Waals surface area contributed by atoms with Crippen molar-refractivity contribution in [3.63, 3.8) is 0 Å². The van der Waals surface area contributed by atoms with E-state index in [4.69, 9.17) is 15.3 Å². The van der Waals surface area contributed by atoms with Crippen molar-refractivity contribution in [1.29, 1.82) is 0 Å². The smallest absolute Gasteiger partial charge is 0.291 e. The number of rotatable bonds is 4. The number of aryl methyl sites for hydroxylation is 1. The van der Waals surface area contributed by atoms with E-state index in [1.165, 1.54) is 24.9 Å². The SMILES string of the molecule is CN(C)CCCc1ccccc1.O=[N+]([O-])O. The van der Waals surface area contributed by atoms with E-state index in [0.717, 1.165) is 0 Å². The van der Waals surface area contributed by atoms with Crippen LogP contribution in [0, 0.1) is 10.1 Å². The van der Waals surface area contributed by atoms with Crippen LogP contribution in [0.5, 0.6) is 0 Å². The lowest BCUT2D eigenvalue weighted by Crippen LogP contribution is -2.13. The van der Waals surface area contributed by atoms with Gasteiger partial charge in [-0.3, -0.25) is 0 Å². The normalized spacial score (nSPS) is 9.44. The van der Waals surface area contributed by atoms with Crippen LogP contribution in [0.2, 0.25) is 0 Å². The molecule has 0 spiro atoms. The van der Waals surface area contributed by atoms with E-state index in [2.05, 4.69) is 49.3 Å². The Morgan fingerprint density at radius 3 is 2.25 bits per heavy atom. The van der Waals surface area contributed by atoms with Crippen LogP contribution in [0.15, 0.2) is 30.3 Å². The van der Waals surface area contributed by atoms with Crippen LogP contribution in [0.4, 0.5) is 0 Å². The summed E-state index contributed by atoms with van der Waals surface area (Å²) in [5, 5.41) is 13.6. The van der Waals surface area contributed by atoms with Crippen LogP contribution in [0.1, 0.15) is 12.0 Å². The van der Waals surface area contributed by atoms with E-state index in [0.29, 0.717) is 0 Å². The molecule has 0 atom stereocenters. The highest BCUT2D eigenvalue weighted by Crippen LogP contribution is 2.02. The second kappa shape index (κ2) is 8.67. The molecule has 16 heavy (non-hydrogen) atoms. The molecule has 0 saturated heterocycles. The van der Waals surface area contributed by atoms with Gasteiger partial charge in [0, 0.05) is 0 Å². The molecule has 0 aliphatic heterocycles. The van der Waals surface area contributed by atoms with Crippen LogP contribution in [-0.2, 0) is 6.42 Å². The Hall–Kier alpha value is -1.62. The van der Waals surface area contributed by atoms with Crippen molar-refractivity contribution < 1.29 is 10.3 Å². The molecule has 5 nitrogen and oxygen atoms in total. The van der Waals surface area contributed by atoms with Crippen molar-refractivity contribution in [2.75, 3.05) is 20.6 Å². The predicted molar refractivity (Wildman–Crippen MR) is 62.1 cm³/mol. The molecule has 0 aliphatic rings. The summed E-state index contributed by atoms with van der Waals surface area (Å²) in [5.74, 6) is 0. The number of nitrogens with zero attached hydrogens (tertiary/aromatic N) is 2. The Kier molecular flexibility index (Phi) is 7.79. The molecule has 0 radical (unpaired) electrons. The predicted octanol–water partition coefficient (Wildman–Crippen LogP) is 1.83. The lowest BCUT2D eigenvalue weighted by molar-refractivity contribution is -0.742. The lowest BCUT2D eigenvalue weighted by Gasteiger charge is -2.08. The van der Waals surface area contributed by atoms with Gasteiger partial charge in [-0.25, -0.2) is 0 Å². The van der Waals surface area contributed by atoms with Crippen molar-refractivity contribution in [3.8, 4) is 0 Å². The van der Waals surface area contributed by atoms with Gasteiger partial charge >= 0.3 is 0 Å². The first-order chi connectivity index (χ1) is 7.52. The number of benzene rings is 1. The second-order valence-electron chi connectivity index (χ2n) is 3.63. The lowest BCUT2D eigenvalue weighted by atomic mass is 10.1. The van der Waals surface area contributed by atoms with Crippen molar-refractivity contribution in [2.24, 2.45) is 0 Å². The highest BCUT2D eigenvalue weighted by atomic mass is 16.9. The Morgan fingerprint density at radius 1 is 1.31 bits per heavy atom. The van der Waals surface area contributed by atoms with Gasteiger partial charge in [0.2, 0.25) is 0 Å². The maximum Gasteiger partial charge on any atom is 0.291 e. The minimum Gasteiger partial charge on any atom is -0.328 e. The van der Waals surface area contributed by atoms with E-state index < -0.39 is 5.09 Å². The Labute approximate surface area is 95.4 Å². The van der Waals surface area contributed by atoms with Crippen molar-refractivity contribution >= 4 is 0 Å². The number of hydrogen-bond acceptors (Lipinski definition) is 3. The minimum absolute atomic E-state index is 1.18. The Balaban J connectivity index is 0.000000487. The van der Waals surface area contributed by atoms with Gasteiger partial charge < -0.3 is 10.1 Å². The van der Waals surface area contributed by atoms with Gasteiger partial charge in [-0.2, -0.15) is 0 Å². The molecular weight excluding hydrogens is 208 g/mol. The quantitative estimate of drug-likeness (QED) is 0.628. The molecule has 0 unspecified atom stereocenters. The summed E-state index contributed by atoms with van der Waals surface area (Å²) in [7, 11) is 4.23. The van der Waals surface area contributed by atoms with Gasteiger partial charge in [-0.1, -0.05) is 30.3 Å². The van der Waals surface area contributed by atoms with Gasteiger partial charge in [0.05, 0.1) is 0 Å². The fourth-order valence-electron chi connectivity index (χ4n) is 1.24.